The van der Waals surface area contributed by atoms with Crippen molar-refractivity contribution < 1.29 is 14.5 Å². The maximum Gasteiger partial charge on any atom is 0.271 e. The fourth-order valence-electron chi connectivity index (χ4n) is 1.21. The number of anilines is 1. The van der Waals surface area contributed by atoms with Crippen LogP contribution >= 0.6 is 11.6 Å². The highest BCUT2D eigenvalue weighted by molar-refractivity contribution is 6.19. The van der Waals surface area contributed by atoms with Crippen LogP contribution in [0.3, 0.4) is 0 Å². The number of rotatable bonds is 5. The van der Waals surface area contributed by atoms with E-state index in [4.69, 9.17) is 16.3 Å². The first-order valence-corrected chi connectivity index (χ1v) is 5.30. The average Bonchev–Trinajstić information content (AvgIpc) is 2.29. The van der Waals surface area contributed by atoms with E-state index in [0.29, 0.717) is 5.75 Å². The number of hydrogen-bond acceptors (Lipinski definition) is 4. The number of hydrogen-bond donors (Lipinski definition) is 1. The summed E-state index contributed by atoms with van der Waals surface area (Å²) < 4.78 is 4.99. The van der Waals surface area contributed by atoms with Crippen molar-refractivity contribution in [2.24, 2.45) is 0 Å². The number of methoxy groups -OCH3 is 1. The number of ether oxygens (including phenoxy) is 1. The summed E-state index contributed by atoms with van der Waals surface area (Å²) in [7, 11) is 1.42. The zero-order chi connectivity index (χ0) is 12.8. The highest BCUT2D eigenvalue weighted by Gasteiger charge is 2.13. The molecular weight excluding hydrogens is 248 g/mol. The summed E-state index contributed by atoms with van der Waals surface area (Å²) in [6, 6.07) is 3.97. The van der Waals surface area contributed by atoms with Gasteiger partial charge in [-0.1, -0.05) is 0 Å². The lowest BCUT2D eigenvalue weighted by Crippen LogP contribution is -2.12. The molecule has 17 heavy (non-hydrogen) atoms. The number of nitrogens with one attached hydrogen (secondary N) is 1. The van der Waals surface area contributed by atoms with Crippen molar-refractivity contribution in [3.8, 4) is 5.75 Å². The lowest BCUT2D eigenvalue weighted by Gasteiger charge is -2.09. The largest absolute Gasteiger partial charge is 0.495 e. The Balaban J connectivity index is 2.97. The Morgan fingerprint density at radius 1 is 1.59 bits per heavy atom. The Morgan fingerprint density at radius 2 is 2.29 bits per heavy atom. The third-order valence-electron chi connectivity index (χ3n) is 1.99. The van der Waals surface area contributed by atoms with Crippen LogP contribution in [0.25, 0.3) is 0 Å². The van der Waals surface area contributed by atoms with Crippen LogP contribution in [0, 0.1) is 10.1 Å². The van der Waals surface area contributed by atoms with Gasteiger partial charge >= 0.3 is 0 Å². The molecule has 0 radical (unpaired) electrons. The van der Waals surface area contributed by atoms with E-state index in [1.807, 2.05) is 0 Å². The van der Waals surface area contributed by atoms with E-state index >= 15 is 0 Å². The smallest absolute Gasteiger partial charge is 0.271 e. The maximum absolute atomic E-state index is 11.3. The first-order valence-electron chi connectivity index (χ1n) is 4.76. The summed E-state index contributed by atoms with van der Waals surface area (Å²) in [6.45, 7) is 0. The first kappa shape index (κ1) is 13.2. The Kier molecular flexibility index (Phi) is 4.71. The fraction of sp³-hybridized carbons (Fsp3) is 0.300. The van der Waals surface area contributed by atoms with Crippen molar-refractivity contribution in [2.75, 3.05) is 18.3 Å². The van der Waals surface area contributed by atoms with Crippen molar-refractivity contribution in [1.82, 2.24) is 0 Å². The Morgan fingerprint density at radius 3 is 2.82 bits per heavy atom. The molecule has 0 aliphatic carbocycles. The van der Waals surface area contributed by atoms with E-state index in [0.717, 1.165) is 0 Å². The third kappa shape index (κ3) is 3.60. The number of alkyl halides is 1. The normalized spacial score (nSPS) is 9.76. The molecule has 0 aliphatic heterocycles. The summed E-state index contributed by atoms with van der Waals surface area (Å²) in [4.78, 5) is 21.4. The van der Waals surface area contributed by atoms with Gasteiger partial charge in [-0.2, -0.15) is 0 Å². The summed E-state index contributed by atoms with van der Waals surface area (Å²) in [5, 5.41) is 13.1. The minimum absolute atomic E-state index is 0.119. The molecule has 0 spiro atoms. The molecule has 1 rings (SSSR count). The summed E-state index contributed by atoms with van der Waals surface area (Å²) in [5.41, 5.74) is 0.142. The van der Waals surface area contributed by atoms with Gasteiger partial charge in [0.05, 0.1) is 17.7 Å². The topological polar surface area (TPSA) is 81.5 Å². The van der Waals surface area contributed by atoms with E-state index < -0.39 is 4.92 Å². The van der Waals surface area contributed by atoms with E-state index in [9.17, 15) is 14.9 Å². The van der Waals surface area contributed by atoms with E-state index in [1.54, 1.807) is 0 Å². The summed E-state index contributed by atoms with van der Waals surface area (Å²) in [5.74, 6) is 0.223. The SMILES string of the molecule is COc1ccc([N+](=O)[O-])cc1NC(=O)CCCl. The van der Waals surface area contributed by atoms with Gasteiger partial charge in [0.25, 0.3) is 5.69 Å². The molecule has 0 unspecified atom stereocenters. The molecule has 1 aromatic rings. The number of halogens is 1. The molecule has 1 amide bonds. The van der Waals surface area contributed by atoms with Crippen LogP contribution in [0.5, 0.6) is 5.75 Å². The monoisotopic (exact) mass is 258 g/mol. The zero-order valence-electron chi connectivity index (χ0n) is 9.10. The first-order chi connectivity index (χ1) is 8.08. The summed E-state index contributed by atoms with van der Waals surface area (Å²) in [6.07, 6.45) is 0.132. The molecule has 7 heteroatoms. The van der Waals surface area contributed by atoms with Crippen LogP contribution in [0.1, 0.15) is 6.42 Å². The highest BCUT2D eigenvalue weighted by atomic mass is 35.5. The molecule has 0 aliphatic rings. The molecule has 0 saturated heterocycles. The summed E-state index contributed by atoms with van der Waals surface area (Å²) >= 11 is 5.42. The number of nitrogens with zero attached hydrogens (tertiary/aromatic N) is 1. The van der Waals surface area contributed by atoms with Crippen molar-refractivity contribution in [1.29, 1.82) is 0 Å². The quantitative estimate of drug-likeness (QED) is 0.498. The predicted octanol–water partition coefficient (Wildman–Crippen LogP) is 2.17. The van der Waals surface area contributed by atoms with Crippen LogP contribution in [0.15, 0.2) is 18.2 Å². The number of nitro benzene ring substituents is 1. The minimum atomic E-state index is -0.545. The minimum Gasteiger partial charge on any atom is -0.495 e. The highest BCUT2D eigenvalue weighted by Crippen LogP contribution is 2.28. The van der Waals surface area contributed by atoms with Gasteiger partial charge in [-0.3, -0.25) is 14.9 Å². The van der Waals surface area contributed by atoms with Gasteiger partial charge in [-0.25, -0.2) is 0 Å². The molecule has 0 atom stereocenters. The van der Waals surface area contributed by atoms with Crippen molar-refractivity contribution in [3.05, 3.63) is 28.3 Å². The second-order valence-electron chi connectivity index (χ2n) is 3.13. The number of carbonyl (C=O) groups is 1. The molecule has 1 aromatic carbocycles. The third-order valence-corrected chi connectivity index (χ3v) is 2.18. The second-order valence-corrected chi connectivity index (χ2v) is 3.51. The Labute approximate surface area is 103 Å². The number of carbonyl (C=O) groups excluding carboxylic acids is 1. The van der Waals surface area contributed by atoms with Crippen molar-refractivity contribution in [3.63, 3.8) is 0 Å². The van der Waals surface area contributed by atoms with Crippen LogP contribution in [-0.4, -0.2) is 23.8 Å². The number of amides is 1. The van der Waals surface area contributed by atoms with Crippen LogP contribution in [0.2, 0.25) is 0 Å². The molecule has 0 bridgehead atoms. The van der Waals surface area contributed by atoms with Gasteiger partial charge in [0.15, 0.2) is 0 Å². The molecule has 0 fully saturated rings. The van der Waals surface area contributed by atoms with Crippen molar-refractivity contribution in [2.45, 2.75) is 6.42 Å². The number of benzene rings is 1. The molecule has 1 N–H and O–H groups in total. The van der Waals surface area contributed by atoms with Crippen LogP contribution in [-0.2, 0) is 4.79 Å². The zero-order valence-corrected chi connectivity index (χ0v) is 9.86. The molecule has 92 valence electrons. The van der Waals surface area contributed by atoms with Crippen molar-refractivity contribution >= 4 is 28.9 Å². The van der Waals surface area contributed by atoms with Crippen LogP contribution < -0.4 is 10.1 Å². The van der Waals surface area contributed by atoms with Gasteiger partial charge in [0.1, 0.15) is 5.75 Å². The molecule has 0 aromatic heterocycles. The van der Waals surface area contributed by atoms with E-state index in [2.05, 4.69) is 5.32 Å². The van der Waals surface area contributed by atoms with Gasteiger partial charge in [-0.15, -0.1) is 11.6 Å². The number of non-ortho nitro benzene ring substituents is 1. The van der Waals surface area contributed by atoms with Gasteiger partial charge in [0, 0.05) is 24.4 Å². The Bertz CT molecular complexity index is 436. The molecular formula is C10H11ClN2O4. The van der Waals surface area contributed by atoms with Crippen LogP contribution in [0.4, 0.5) is 11.4 Å². The van der Waals surface area contributed by atoms with Gasteiger partial charge in [-0.05, 0) is 6.07 Å². The molecule has 0 heterocycles. The van der Waals surface area contributed by atoms with Gasteiger partial charge < -0.3 is 10.1 Å². The number of nitro groups is 1. The average molecular weight is 259 g/mol. The maximum atomic E-state index is 11.3. The Hall–Kier alpha value is -1.82. The van der Waals surface area contributed by atoms with E-state index in [1.165, 1.54) is 25.3 Å². The second kappa shape index (κ2) is 6.05. The predicted molar refractivity (Wildman–Crippen MR) is 63.6 cm³/mol. The molecule has 0 saturated carbocycles. The van der Waals surface area contributed by atoms with E-state index in [-0.39, 0.29) is 29.6 Å². The standard InChI is InChI=1S/C10H11ClN2O4/c1-17-9-3-2-7(13(15)16)6-8(9)12-10(14)4-5-11/h2-3,6H,4-5H2,1H3,(H,12,14). The lowest BCUT2D eigenvalue weighted by atomic mass is 10.2. The molecule has 6 nitrogen and oxygen atoms in total. The van der Waals surface area contributed by atoms with Gasteiger partial charge in [0.2, 0.25) is 5.91 Å². The lowest BCUT2D eigenvalue weighted by molar-refractivity contribution is -0.384. The fourth-order valence-corrected chi connectivity index (χ4v) is 1.38.